The Hall–Kier alpha value is 0.310. The molecule has 0 saturated heterocycles. The fraction of sp³-hybridized carbons (Fsp3) is 1.00. The Balaban J connectivity index is 3.92. The first-order chi connectivity index (χ1) is 6.69. The zero-order valence-corrected chi connectivity index (χ0v) is 11.2. The third kappa shape index (κ3) is 5.26. The van der Waals surface area contributed by atoms with Crippen molar-refractivity contribution in [3.8, 4) is 0 Å². The van der Waals surface area contributed by atoms with Crippen molar-refractivity contribution in [3.63, 3.8) is 0 Å². The van der Waals surface area contributed by atoms with Crippen LogP contribution < -0.4 is 0 Å². The summed E-state index contributed by atoms with van der Waals surface area (Å²) in [6.45, 7) is 8.03. The van der Waals surface area contributed by atoms with Gasteiger partial charge in [0, 0.05) is 12.6 Å². The van der Waals surface area contributed by atoms with Gasteiger partial charge in [0.15, 0.2) is 0 Å². The van der Waals surface area contributed by atoms with Crippen molar-refractivity contribution in [3.05, 3.63) is 0 Å². The second kappa shape index (κ2) is 8.60. The molecular formula is C12H27NS. The maximum Gasteiger partial charge on any atom is 0.00870 e. The molecule has 0 N–H and O–H groups in total. The first-order valence-electron chi connectivity index (χ1n) is 6.00. The third-order valence-electron chi connectivity index (χ3n) is 3.07. The average molecular weight is 217 g/mol. The lowest BCUT2D eigenvalue weighted by atomic mass is 10.0. The molecule has 0 amide bonds. The third-order valence-corrected chi connectivity index (χ3v) is 3.58. The lowest BCUT2D eigenvalue weighted by Gasteiger charge is -2.29. The Bertz CT molecular complexity index is 123. The molecule has 0 aliphatic carbocycles. The van der Waals surface area contributed by atoms with Gasteiger partial charge >= 0.3 is 0 Å². The Kier molecular flexibility index (Phi) is 8.80. The summed E-state index contributed by atoms with van der Waals surface area (Å²) in [4.78, 5) is 2.51. The Labute approximate surface area is 95.7 Å². The second-order valence-corrected chi connectivity index (χ2v) is 4.61. The van der Waals surface area contributed by atoms with E-state index >= 15 is 0 Å². The van der Waals surface area contributed by atoms with E-state index in [0.717, 1.165) is 17.7 Å². The quantitative estimate of drug-likeness (QED) is 0.610. The van der Waals surface area contributed by atoms with Gasteiger partial charge in [-0.2, -0.15) is 12.6 Å². The minimum atomic E-state index is 0.759. The van der Waals surface area contributed by atoms with Crippen LogP contribution in [-0.2, 0) is 0 Å². The molecule has 0 radical (unpaired) electrons. The normalized spacial score (nSPS) is 13.9. The number of rotatable bonds is 8. The number of hydrogen-bond donors (Lipinski definition) is 1. The van der Waals surface area contributed by atoms with Gasteiger partial charge < -0.3 is 4.90 Å². The second-order valence-electron chi connectivity index (χ2n) is 4.25. The topological polar surface area (TPSA) is 3.24 Å². The van der Waals surface area contributed by atoms with Gasteiger partial charge in [0.1, 0.15) is 0 Å². The van der Waals surface area contributed by atoms with E-state index in [1.165, 1.54) is 32.2 Å². The molecule has 1 nitrogen and oxygen atoms in total. The Morgan fingerprint density at radius 3 is 2.07 bits per heavy atom. The maximum atomic E-state index is 4.42. The van der Waals surface area contributed by atoms with Crippen LogP contribution in [0, 0.1) is 5.92 Å². The molecule has 0 saturated carbocycles. The van der Waals surface area contributed by atoms with Gasteiger partial charge in [0.25, 0.3) is 0 Å². The molecule has 1 atom stereocenters. The molecule has 0 aromatic rings. The molecule has 2 heteroatoms. The monoisotopic (exact) mass is 217 g/mol. The van der Waals surface area contributed by atoms with Crippen molar-refractivity contribution in [1.82, 2.24) is 4.90 Å². The number of hydrogen-bond acceptors (Lipinski definition) is 2. The van der Waals surface area contributed by atoms with Gasteiger partial charge in [-0.25, -0.2) is 0 Å². The summed E-state index contributed by atoms with van der Waals surface area (Å²) in [5.41, 5.74) is 0. The Morgan fingerprint density at radius 2 is 1.71 bits per heavy atom. The van der Waals surface area contributed by atoms with Crippen LogP contribution in [0.2, 0.25) is 0 Å². The van der Waals surface area contributed by atoms with Crippen molar-refractivity contribution in [1.29, 1.82) is 0 Å². The van der Waals surface area contributed by atoms with Gasteiger partial charge in [-0.15, -0.1) is 0 Å². The first kappa shape index (κ1) is 14.3. The minimum Gasteiger partial charge on any atom is -0.303 e. The summed E-state index contributed by atoms with van der Waals surface area (Å²) in [6.07, 6.45) is 5.12. The lowest BCUT2D eigenvalue weighted by Crippen LogP contribution is -2.35. The molecule has 0 aliphatic rings. The van der Waals surface area contributed by atoms with Crippen LogP contribution in [-0.4, -0.2) is 30.3 Å². The number of thiol groups is 1. The maximum absolute atomic E-state index is 4.42. The highest BCUT2D eigenvalue weighted by molar-refractivity contribution is 7.80. The number of nitrogens with zero attached hydrogens (tertiary/aromatic N) is 1. The van der Waals surface area contributed by atoms with Crippen LogP contribution in [0.4, 0.5) is 0 Å². The van der Waals surface area contributed by atoms with E-state index < -0.39 is 0 Å². The molecular weight excluding hydrogens is 190 g/mol. The molecule has 1 unspecified atom stereocenters. The van der Waals surface area contributed by atoms with E-state index in [2.05, 4.69) is 45.3 Å². The van der Waals surface area contributed by atoms with Crippen LogP contribution in [0.5, 0.6) is 0 Å². The van der Waals surface area contributed by atoms with E-state index in [9.17, 15) is 0 Å². The molecule has 0 bridgehead atoms. The zero-order valence-electron chi connectivity index (χ0n) is 10.3. The highest BCUT2D eigenvalue weighted by atomic mass is 32.1. The van der Waals surface area contributed by atoms with Gasteiger partial charge in [0.05, 0.1) is 0 Å². The van der Waals surface area contributed by atoms with Gasteiger partial charge in [-0.3, -0.25) is 0 Å². The molecule has 0 aromatic carbocycles. The molecule has 0 heterocycles. The standard InChI is InChI=1S/C12H27NS/c1-5-8-11(10-14)9-13(4)12(6-2)7-3/h11-12,14H,5-10H2,1-4H3. The van der Waals surface area contributed by atoms with Crippen LogP contribution in [0.25, 0.3) is 0 Å². The van der Waals surface area contributed by atoms with Crippen molar-refractivity contribution in [2.75, 3.05) is 19.3 Å². The van der Waals surface area contributed by atoms with E-state index in [0.29, 0.717) is 0 Å². The fourth-order valence-electron chi connectivity index (χ4n) is 2.12. The van der Waals surface area contributed by atoms with Crippen LogP contribution in [0.3, 0.4) is 0 Å². The van der Waals surface area contributed by atoms with E-state index in [1.807, 2.05) is 0 Å². The van der Waals surface area contributed by atoms with Crippen molar-refractivity contribution < 1.29 is 0 Å². The van der Waals surface area contributed by atoms with Crippen molar-refractivity contribution in [2.45, 2.75) is 52.5 Å². The lowest BCUT2D eigenvalue weighted by molar-refractivity contribution is 0.198. The molecule has 86 valence electrons. The van der Waals surface area contributed by atoms with E-state index in [1.54, 1.807) is 0 Å². The van der Waals surface area contributed by atoms with Crippen molar-refractivity contribution in [2.24, 2.45) is 5.92 Å². The predicted molar refractivity (Wildman–Crippen MR) is 69.3 cm³/mol. The van der Waals surface area contributed by atoms with E-state index in [-0.39, 0.29) is 0 Å². The first-order valence-corrected chi connectivity index (χ1v) is 6.63. The average Bonchev–Trinajstić information content (AvgIpc) is 2.19. The van der Waals surface area contributed by atoms with Gasteiger partial charge in [0.2, 0.25) is 0 Å². The molecule has 0 aliphatic heterocycles. The summed E-state index contributed by atoms with van der Waals surface area (Å²) >= 11 is 4.42. The highest BCUT2D eigenvalue weighted by Gasteiger charge is 2.14. The molecule has 0 rings (SSSR count). The van der Waals surface area contributed by atoms with Gasteiger partial charge in [-0.05, 0) is 38.0 Å². The van der Waals surface area contributed by atoms with Crippen molar-refractivity contribution >= 4 is 12.6 Å². The van der Waals surface area contributed by atoms with E-state index in [4.69, 9.17) is 0 Å². The van der Waals surface area contributed by atoms with Gasteiger partial charge in [-0.1, -0.05) is 27.2 Å². The molecule has 0 aromatic heterocycles. The predicted octanol–water partition coefficient (Wildman–Crippen LogP) is 3.45. The highest BCUT2D eigenvalue weighted by Crippen LogP contribution is 2.14. The summed E-state index contributed by atoms with van der Waals surface area (Å²) in [7, 11) is 2.25. The Morgan fingerprint density at radius 1 is 1.14 bits per heavy atom. The summed E-state index contributed by atoms with van der Waals surface area (Å²) in [5, 5.41) is 0. The largest absolute Gasteiger partial charge is 0.303 e. The fourth-order valence-corrected chi connectivity index (χ4v) is 2.41. The minimum absolute atomic E-state index is 0.759. The molecule has 0 fully saturated rings. The summed E-state index contributed by atoms with van der Waals surface area (Å²) < 4.78 is 0. The van der Waals surface area contributed by atoms with Crippen LogP contribution in [0.1, 0.15) is 46.5 Å². The molecule has 14 heavy (non-hydrogen) atoms. The van der Waals surface area contributed by atoms with Crippen LogP contribution >= 0.6 is 12.6 Å². The zero-order chi connectivity index (χ0) is 11.0. The smallest absolute Gasteiger partial charge is 0.00870 e. The SMILES string of the molecule is CCCC(CS)CN(C)C(CC)CC. The van der Waals surface area contributed by atoms with Crippen LogP contribution in [0.15, 0.2) is 0 Å². The summed E-state index contributed by atoms with van der Waals surface area (Å²) in [6, 6.07) is 0.759. The summed E-state index contributed by atoms with van der Waals surface area (Å²) in [5.74, 6) is 1.80. The molecule has 0 spiro atoms.